The maximum atomic E-state index is 12.4. The summed E-state index contributed by atoms with van der Waals surface area (Å²) in [6.45, 7) is 0.625. The standard InChI is InChI=1S/C23H19F3N2O4/c24-23(25,26)32-18-3-1-2-14(8-18)11-27-21-7-5-16(12-28-21)15-4-6-19-17(10-22(29)30)13-31-20(19)9-15/h1-9,12,17H,10-11,13H2,(H,27,28)(H,29,30)/t17-/m0/s1. The minimum Gasteiger partial charge on any atom is -0.493 e. The summed E-state index contributed by atoms with van der Waals surface area (Å²) in [5, 5.41) is 12.1. The van der Waals surface area contributed by atoms with Crippen LogP contribution < -0.4 is 14.8 Å². The van der Waals surface area contributed by atoms with E-state index in [0.717, 1.165) is 16.7 Å². The zero-order chi connectivity index (χ0) is 22.7. The first kappa shape index (κ1) is 21.5. The van der Waals surface area contributed by atoms with Gasteiger partial charge in [-0.15, -0.1) is 13.2 Å². The van der Waals surface area contributed by atoms with Crippen LogP contribution in [0.5, 0.6) is 11.5 Å². The van der Waals surface area contributed by atoms with Crippen LogP contribution in [0.1, 0.15) is 23.5 Å². The number of anilines is 1. The Balaban J connectivity index is 1.40. The van der Waals surface area contributed by atoms with Gasteiger partial charge in [-0.25, -0.2) is 4.98 Å². The zero-order valence-corrected chi connectivity index (χ0v) is 16.7. The van der Waals surface area contributed by atoms with Gasteiger partial charge in [0.1, 0.15) is 17.3 Å². The Morgan fingerprint density at radius 1 is 1.16 bits per heavy atom. The molecular weight excluding hydrogens is 425 g/mol. The molecule has 6 nitrogen and oxygen atoms in total. The second kappa shape index (κ2) is 8.78. The summed E-state index contributed by atoms with van der Waals surface area (Å²) < 4.78 is 46.7. The second-order valence-electron chi connectivity index (χ2n) is 7.34. The smallest absolute Gasteiger partial charge is 0.493 e. The van der Waals surface area contributed by atoms with E-state index in [1.54, 1.807) is 18.3 Å². The molecule has 0 spiro atoms. The number of pyridine rings is 1. The predicted octanol–water partition coefficient (Wildman–Crippen LogP) is 5.21. The molecule has 3 aromatic rings. The van der Waals surface area contributed by atoms with Gasteiger partial charge in [0.25, 0.3) is 0 Å². The molecule has 0 saturated carbocycles. The van der Waals surface area contributed by atoms with E-state index in [2.05, 4.69) is 15.0 Å². The van der Waals surface area contributed by atoms with Crippen molar-refractivity contribution in [2.45, 2.75) is 25.2 Å². The molecule has 0 fully saturated rings. The fourth-order valence-corrected chi connectivity index (χ4v) is 3.55. The number of carboxylic acids is 1. The van der Waals surface area contributed by atoms with Crippen LogP contribution in [0.3, 0.4) is 0 Å². The topological polar surface area (TPSA) is 80.7 Å². The zero-order valence-electron chi connectivity index (χ0n) is 16.7. The Bertz CT molecular complexity index is 1120. The quantitative estimate of drug-likeness (QED) is 0.521. The number of hydrogen-bond acceptors (Lipinski definition) is 5. The van der Waals surface area contributed by atoms with E-state index < -0.39 is 12.3 Å². The van der Waals surface area contributed by atoms with Crippen molar-refractivity contribution in [3.05, 3.63) is 71.9 Å². The van der Waals surface area contributed by atoms with Gasteiger partial charge in [-0.05, 0) is 41.5 Å². The highest BCUT2D eigenvalue weighted by Crippen LogP contribution is 2.38. The van der Waals surface area contributed by atoms with Gasteiger partial charge >= 0.3 is 12.3 Å². The van der Waals surface area contributed by atoms with Gasteiger partial charge in [-0.2, -0.15) is 0 Å². The van der Waals surface area contributed by atoms with Gasteiger partial charge in [0.2, 0.25) is 0 Å². The van der Waals surface area contributed by atoms with Crippen LogP contribution in [0.4, 0.5) is 19.0 Å². The number of aliphatic carboxylic acids is 1. The minimum atomic E-state index is -4.73. The SMILES string of the molecule is O=C(O)C[C@H]1COc2cc(-c3ccc(NCc4cccc(OC(F)(F)F)c4)nc3)ccc21. The Labute approximate surface area is 181 Å². The summed E-state index contributed by atoms with van der Waals surface area (Å²) in [4.78, 5) is 15.3. The number of nitrogens with zero attached hydrogens (tertiary/aromatic N) is 1. The van der Waals surface area contributed by atoms with E-state index in [1.165, 1.54) is 18.2 Å². The van der Waals surface area contributed by atoms with Crippen LogP contribution in [0, 0.1) is 0 Å². The summed E-state index contributed by atoms with van der Waals surface area (Å²) in [6, 6.07) is 15.0. The van der Waals surface area contributed by atoms with Crippen molar-refractivity contribution in [2.24, 2.45) is 0 Å². The van der Waals surface area contributed by atoms with Crippen molar-refractivity contribution in [1.82, 2.24) is 4.98 Å². The van der Waals surface area contributed by atoms with E-state index >= 15 is 0 Å². The number of alkyl halides is 3. The number of nitrogens with one attached hydrogen (secondary N) is 1. The molecule has 0 unspecified atom stereocenters. The fraction of sp³-hybridized carbons (Fsp3) is 0.217. The molecule has 1 aromatic heterocycles. The predicted molar refractivity (Wildman–Crippen MR) is 111 cm³/mol. The number of carbonyl (C=O) groups is 1. The third kappa shape index (κ3) is 5.29. The third-order valence-electron chi connectivity index (χ3n) is 5.02. The molecule has 0 radical (unpaired) electrons. The Kier molecular flexibility index (Phi) is 5.89. The van der Waals surface area contributed by atoms with E-state index in [4.69, 9.17) is 9.84 Å². The Morgan fingerprint density at radius 2 is 1.97 bits per heavy atom. The molecular formula is C23H19F3N2O4. The summed E-state index contributed by atoms with van der Waals surface area (Å²) in [5.41, 5.74) is 3.24. The molecule has 2 heterocycles. The van der Waals surface area contributed by atoms with Crippen molar-refractivity contribution < 1.29 is 32.5 Å². The number of aromatic nitrogens is 1. The number of carboxylic acid groups (broad SMARTS) is 1. The highest BCUT2D eigenvalue weighted by Gasteiger charge is 2.31. The second-order valence-corrected chi connectivity index (χ2v) is 7.34. The molecule has 2 N–H and O–H groups in total. The number of benzene rings is 2. The van der Waals surface area contributed by atoms with Gasteiger partial charge in [0.15, 0.2) is 0 Å². The number of ether oxygens (including phenoxy) is 2. The average molecular weight is 444 g/mol. The van der Waals surface area contributed by atoms with E-state index in [-0.39, 0.29) is 24.6 Å². The fourth-order valence-electron chi connectivity index (χ4n) is 3.55. The number of rotatable bonds is 7. The lowest BCUT2D eigenvalue weighted by Crippen LogP contribution is -2.17. The highest BCUT2D eigenvalue weighted by molar-refractivity contribution is 5.70. The molecule has 0 amide bonds. The molecule has 0 bridgehead atoms. The summed E-state index contributed by atoms with van der Waals surface area (Å²) in [6.07, 6.45) is -3.03. The normalized spacial score (nSPS) is 15.0. The summed E-state index contributed by atoms with van der Waals surface area (Å²) in [7, 11) is 0. The van der Waals surface area contributed by atoms with Crippen LogP contribution in [-0.4, -0.2) is 29.0 Å². The van der Waals surface area contributed by atoms with Crippen molar-refractivity contribution in [3.63, 3.8) is 0 Å². The monoisotopic (exact) mass is 444 g/mol. The highest BCUT2D eigenvalue weighted by atomic mass is 19.4. The van der Waals surface area contributed by atoms with Crippen LogP contribution in [0.15, 0.2) is 60.8 Å². The van der Waals surface area contributed by atoms with Gasteiger partial charge in [-0.1, -0.05) is 24.3 Å². The maximum absolute atomic E-state index is 12.4. The third-order valence-corrected chi connectivity index (χ3v) is 5.02. The molecule has 4 rings (SSSR count). The maximum Gasteiger partial charge on any atom is 0.573 e. The van der Waals surface area contributed by atoms with Gasteiger partial charge in [0.05, 0.1) is 13.0 Å². The van der Waals surface area contributed by atoms with Gasteiger partial charge in [-0.3, -0.25) is 4.79 Å². The lowest BCUT2D eigenvalue weighted by molar-refractivity contribution is -0.274. The summed E-state index contributed by atoms with van der Waals surface area (Å²) >= 11 is 0. The lowest BCUT2D eigenvalue weighted by Gasteiger charge is -2.11. The van der Waals surface area contributed by atoms with Crippen molar-refractivity contribution in [3.8, 4) is 22.6 Å². The molecule has 1 aliphatic rings. The first-order chi connectivity index (χ1) is 15.3. The van der Waals surface area contributed by atoms with Crippen LogP contribution in [-0.2, 0) is 11.3 Å². The van der Waals surface area contributed by atoms with Gasteiger partial charge in [0, 0.05) is 29.8 Å². The summed E-state index contributed by atoms with van der Waals surface area (Å²) in [5.74, 6) is -0.0417. The van der Waals surface area contributed by atoms with Crippen molar-refractivity contribution >= 4 is 11.8 Å². The number of hydrogen-bond donors (Lipinski definition) is 2. The van der Waals surface area contributed by atoms with Crippen LogP contribution in [0.25, 0.3) is 11.1 Å². The van der Waals surface area contributed by atoms with E-state index in [9.17, 15) is 18.0 Å². The first-order valence-corrected chi connectivity index (χ1v) is 9.80. The minimum absolute atomic E-state index is 0.0273. The molecule has 1 aliphatic heterocycles. The molecule has 0 aliphatic carbocycles. The average Bonchev–Trinajstić information content (AvgIpc) is 3.13. The first-order valence-electron chi connectivity index (χ1n) is 9.80. The largest absolute Gasteiger partial charge is 0.573 e. The van der Waals surface area contributed by atoms with Crippen LogP contribution >= 0.6 is 0 Å². The van der Waals surface area contributed by atoms with Crippen molar-refractivity contribution in [2.75, 3.05) is 11.9 Å². The van der Waals surface area contributed by atoms with Crippen molar-refractivity contribution in [1.29, 1.82) is 0 Å². The molecule has 1 atom stereocenters. The molecule has 0 saturated heterocycles. The Hall–Kier alpha value is -3.75. The number of halogens is 3. The molecule has 2 aromatic carbocycles. The Morgan fingerprint density at radius 3 is 2.69 bits per heavy atom. The molecule has 9 heteroatoms. The lowest BCUT2D eigenvalue weighted by atomic mass is 9.95. The van der Waals surface area contributed by atoms with Crippen LogP contribution in [0.2, 0.25) is 0 Å². The van der Waals surface area contributed by atoms with Gasteiger partial charge < -0.3 is 19.9 Å². The molecule has 32 heavy (non-hydrogen) atoms. The number of fused-ring (bicyclic) bond motifs is 1. The molecule has 166 valence electrons. The van der Waals surface area contributed by atoms with E-state index in [1.807, 2.05) is 24.3 Å². The van der Waals surface area contributed by atoms with E-state index in [0.29, 0.717) is 23.7 Å².